The Bertz CT molecular complexity index is 1010. The zero-order valence-electron chi connectivity index (χ0n) is 14.6. The fourth-order valence-corrected chi connectivity index (χ4v) is 2.47. The summed E-state index contributed by atoms with van der Waals surface area (Å²) in [5, 5.41) is 16.8. The molecule has 1 amide bonds. The van der Waals surface area contributed by atoms with Gasteiger partial charge in [-0.2, -0.15) is 5.10 Å². The summed E-state index contributed by atoms with van der Waals surface area (Å²) in [4.78, 5) is 22.1. The van der Waals surface area contributed by atoms with Crippen LogP contribution in [0.2, 0.25) is 0 Å². The van der Waals surface area contributed by atoms with Gasteiger partial charge in [-0.3, -0.25) is 14.9 Å². The average molecular weight is 363 g/mol. The van der Waals surface area contributed by atoms with Crippen LogP contribution in [-0.2, 0) is 4.79 Å². The van der Waals surface area contributed by atoms with Crippen LogP contribution in [0.1, 0.15) is 12.5 Å². The number of benzene rings is 3. The van der Waals surface area contributed by atoms with E-state index in [1.165, 1.54) is 12.1 Å². The third-order valence-corrected chi connectivity index (χ3v) is 3.94. The molecule has 1 N–H and O–H groups in total. The van der Waals surface area contributed by atoms with E-state index in [1.807, 2.05) is 36.4 Å². The van der Waals surface area contributed by atoms with Gasteiger partial charge in [0.05, 0.1) is 10.6 Å². The summed E-state index contributed by atoms with van der Waals surface area (Å²) in [7, 11) is 0. The van der Waals surface area contributed by atoms with Gasteiger partial charge in [0.1, 0.15) is 5.75 Å². The highest BCUT2D eigenvalue weighted by Gasteiger charge is 2.07. The lowest BCUT2D eigenvalue weighted by Gasteiger charge is -2.07. The fourth-order valence-electron chi connectivity index (χ4n) is 2.47. The maximum Gasteiger partial charge on any atom is 0.277 e. The number of fused-ring (bicyclic) bond motifs is 1. The summed E-state index contributed by atoms with van der Waals surface area (Å²) in [6.45, 7) is 1.53. The van der Waals surface area contributed by atoms with Gasteiger partial charge in [-0.15, -0.1) is 0 Å². The Morgan fingerprint density at radius 1 is 1.07 bits per heavy atom. The van der Waals surface area contributed by atoms with Crippen molar-refractivity contribution in [3.05, 3.63) is 82.4 Å². The van der Waals surface area contributed by atoms with E-state index in [9.17, 15) is 14.9 Å². The SMILES string of the molecule is CC(=NNC(=O)COc1ccc2ccccc2c1)c1ccc([N+](=O)[O-])cc1. The molecule has 3 rings (SSSR count). The van der Waals surface area contributed by atoms with Crippen molar-refractivity contribution < 1.29 is 14.5 Å². The molecule has 0 saturated carbocycles. The van der Waals surface area contributed by atoms with Crippen molar-refractivity contribution in [2.75, 3.05) is 6.61 Å². The van der Waals surface area contributed by atoms with Crippen LogP contribution in [0.3, 0.4) is 0 Å². The Hall–Kier alpha value is -3.74. The van der Waals surface area contributed by atoms with Gasteiger partial charge >= 0.3 is 0 Å². The van der Waals surface area contributed by atoms with Gasteiger partial charge in [-0.1, -0.05) is 30.3 Å². The number of non-ortho nitro benzene ring substituents is 1. The van der Waals surface area contributed by atoms with Gasteiger partial charge in [-0.05, 0) is 47.5 Å². The molecule has 0 aliphatic rings. The Balaban J connectivity index is 1.56. The maximum atomic E-state index is 11.9. The molecule has 0 bridgehead atoms. The predicted octanol–water partition coefficient (Wildman–Crippen LogP) is 3.67. The zero-order chi connectivity index (χ0) is 19.2. The van der Waals surface area contributed by atoms with Crippen LogP contribution < -0.4 is 10.2 Å². The van der Waals surface area contributed by atoms with E-state index < -0.39 is 10.8 Å². The summed E-state index contributed by atoms with van der Waals surface area (Å²) < 4.78 is 5.50. The average Bonchev–Trinajstić information content (AvgIpc) is 2.70. The highest BCUT2D eigenvalue weighted by molar-refractivity contribution is 5.99. The van der Waals surface area contributed by atoms with Crippen LogP contribution >= 0.6 is 0 Å². The van der Waals surface area contributed by atoms with E-state index in [-0.39, 0.29) is 12.3 Å². The minimum atomic E-state index is -0.470. The molecule has 3 aromatic carbocycles. The van der Waals surface area contributed by atoms with Crippen molar-refractivity contribution in [3.63, 3.8) is 0 Å². The third-order valence-electron chi connectivity index (χ3n) is 3.94. The second kappa shape index (κ2) is 8.09. The summed E-state index contributed by atoms with van der Waals surface area (Å²) in [6.07, 6.45) is 0. The van der Waals surface area contributed by atoms with Crippen molar-refractivity contribution in [2.45, 2.75) is 6.92 Å². The molecule has 0 aliphatic carbocycles. The molecule has 7 heteroatoms. The Morgan fingerprint density at radius 2 is 1.78 bits per heavy atom. The van der Waals surface area contributed by atoms with Crippen LogP contribution in [0.15, 0.2) is 71.8 Å². The number of carbonyl (C=O) groups is 1. The Kier molecular flexibility index (Phi) is 5.41. The number of nitrogens with zero attached hydrogens (tertiary/aromatic N) is 2. The molecular weight excluding hydrogens is 346 g/mol. The zero-order valence-corrected chi connectivity index (χ0v) is 14.6. The first-order valence-electron chi connectivity index (χ1n) is 8.22. The van der Waals surface area contributed by atoms with Crippen molar-refractivity contribution in [3.8, 4) is 5.75 Å². The largest absolute Gasteiger partial charge is 0.484 e. The Labute approximate surface area is 155 Å². The van der Waals surface area contributed by atoms with Gasteiger partial charge < -0.3 is 4.74 Å². The molecule has 0 unspecified atom stereocenters. The van der Waals surface area contributed by atoms with Crippen molar-refractivity contribution >= 4 is 28.1 Å². The summed E-state index contributed by atoms with van der Waals surface area (Å²) in [5.41, 5.74) is 3.62. The lowest BCUT2D eigenvalue weighted by Crippen LogP contribution is -2.25. The van der Waals surface area contributed by atoms with Gasteiger partial charge in [0.15, 0.2) is 6.61 Å². The molecule has 0 aliphatic heterocycles. The summed E-state index contributed by atoms with van der Waals surface area (Å²) >= 11 is 0. The highest BCUT2D eigenvalue weighted by atomic mass is 16.6. The topological polar surface area (TPSA) is 93.8 Å². The van der Waals surface area contributed by atoms with Gasteiger partial charge in [0.2, 0.25) is 0 Å². The lowest BCUT2D eigenvalue weighted by molar-refractivity contribution is -0.384. The fraction of sp³-hybridized carbons (Fsp3) is 0.100. The minimum absolute atomic E-state index is 0.000583. The number of hydrazone groups is 1. The number of nitro benzene ring substituents is 1. The molecule has 0 aromatic heterocycles. The van der Waals surface area contributed by atoms with E-state index >= 15 is 0 Å². The monoisotopic (exact) mass is 363 g/mol. The molecule has 136 valence electrons. The quantitative estimate of drug-likeness (QED) is 0.411. The van der Waals surface area contributed by atoms with E-state index in [0.717, 1.165) is 10.8 Å². The normalized spacial score (nSPS) is 11.2. The number of hydrogen-bond acceptors (Lipinski definition) is 5. The van der Waals surface area contributed by atoms with Crippen molar-refractivity contribution in [1.82, 2.24) is 5.43 Å². The molecule has 0 heterocycles. The minimum Gasteiger partial charge on any atom is -0.484 e. The highest BCUT2D eigenvalue weighted by Crippen LogP contribution is 2.20. The molecule has 27 heavy (non-hydrogen) atoms. The molecule has 7 nitrogen and oxygen atoms in total. The van der Waals surface area contributed by atoms with Gasteiger partial charge in [-0.25, -0.2) is 5.43 Å². The first-order chi connectivity index (χ1) is 13.0. The number of amides is 1. The van der Waals surface area contributed by atoms with Crippen molar-refractivity contribution in [2.24, 2.45) is 5.10 Å². The molecular formula is C20H17N3O4. The summed E-state index contributed by atoms with van der Waals surface area (Å²) in [6, 6.07) is 19.4. The first-order valence-corrected chi connectivity index (χ1v) is 8.22. The van der Waals surface area contributed by atoms with Crippen LogP contribution in [0.4, 0.5) is 5.69 Å². The van der Waals surface area contributed by atoms with E-state index in [1.54, 1.807) is 25.1 Å². The molecule has 0 fully saturated rings. The molecule has 0 radical (unpaired) electrons. The van der Waals surface area contributed by atoms with E-state index in [0.29, 0.717) is 17.0 Å². The van der Waals surface area contributed by atoms with Crippen LogP contribution in [-0.4, -0.2) is 23.1 Å². The second-order valence-electron chi connectivity index (χ2n) is 5.83. The molecule has 3 aromatic rings. The van der Waals surface area contributed by atoms with Crippen LogP contribution in [0.25, 0.3) is 10.8 Å². The number of ether oxygens (including phenoxy) is 1. The number of rotatable bonds is 6. The predicted molar refractivity (Wildman–Crippen MR) is 103 cm³/mol. The first kappa shape index (κ1) is 18.1. The smallest absolute Gasteiger partial charge is 0.277 e. The number of hydrogen-bond donors (Lipinski definition) is 1. The standard InChI is InChI=1S/C20H17N3O4/c1-14(15-6-9-18(10-7-15)23(25)26)21-22-20(24)13-27-19-11-8-16-4-2-3-5-17(16)12-19/h2-12H,13H2,1H3,(H,22,24). The van der Waals surface area contributed by atoms with E-state index in [4.69, 9.17) is 4.74 Å². The summed E-state index contributed by atoms with van der Waals surface area (Å²) in [5.74, 6) is 0.198. The number of nitrogens with one attached hydrogen (secondary N) is 1. The Morgan fingerprint density at radius 3 is 2.48 bits per heavy atom. The van der Waals surface area contributed by atoms with Crippen LogP contribution in [0.5, 0.6) is 5.75 Å². The number of carbonyl (C=O) groups excluding carboxylic acids is 1. The lowest BCUT2D eigenvalue weighted by atomic mass is 10.1. The third kappa shape index (κ3) is 4.66. The number of nitro groups is 1. The second-order valence-corrected chi connectivity index (χ2v) is 5.83. The molecule has 0 spiro atoms. The van der Waals surface area contributed by atoms with Crippen LogP contribution in [0, 0.1) is 10.1 Å². The maximum absolute atomic E-state index is 11.9. The molecule has 0 saturated heterocycles. The van der Waals surface area contributed by atoms with Gasteiger partial charge in [0.25, 0.3) is 11.6 Å². The van der Waals surface area contributed by atoms with E-state index in [2.05, 4.69) is 10.5 Å². The van der Waals surface area contributed by atoms with Gasteiger partial charge in [0, 0.05) is 12.1 Å². The molecule has 0 atom stereocenters. The van der Waals surface area contributed by atoms with Crippen molar-refractivity contribution in [1.29, 1.82) is 0 Å².